The van der Waals surface area contributed by atoms with Gasteiger partial charge >= 0.3 is 0 Å². The van der Waals surface area contributed by atoms with Gasteiger partial charge in [0.15, 0.2) is 0 Å². The van der Waals surface area contributed by atoms with E-state index in [1.807, 2.05) is 19.9 Å². The van der Waals surface area contributed by atoms with Crippen molar-refractivity contribution >= 4 is 0 Å². The van der Waals surface area contributed by atoms with E-state index in [1.54, 1.807) is 6.08 Å². The summed E-state index contributed by atoms with van der Waals surface area (Å²) in [6.45, 7) is 3.71. The van der Waals surface area contributed by atoms with Crippen LogP contribution in [0.4, 0.5) is 0 Å². The predicted octanol–water partition coefficient (Wildman–Crippen LogP) is 0.614. The van der Waals surface area contributed by atoms with Gasteiger partial charge in [0, 0.05) is 0 Å². The first-order valence-corrected chi connectivity index (χ1v) is 3.34. The van der Waals surface area contributed by atoms with Crippen molar-refractivity contribution in [2.45, 2.75) is 26.1 Å². The highest BCUT2D eigenvalue weighted by atomic mass is 16.3. The molecule has 56 valence electrons. The summed E-state index contributed by atoms with van der Waals surface area (Å²) in [5.41, 5.74) is 1.84. The Morgan fingerprint density at radius 2 is 1.90 bits per heavy atom. The number of aliphatic hydroxyl groups is 2. The number of rotatable bonds is 0. The minimum Gasteiger partial charge on any atom is -0.386 e. The van der Waals surface area contributed by atoms with Crippen LogP contribution in [0.25, 0.3) is 0 Å². The quantitative estimate of drug-likeness (QED) is 0.517. The maximum atomic E-state index is 9.20. The predicted molar refractivity (Wildman–Crippen MR) is 39.5 cm³/mol. The third kappa shape index (κ3) is 1.28. The van der Waals surface area contributed by atoms with Crippen molar-refractivity contribution in [1.82, 2.24) is 0 Å². The highest BCUT2D eigenvalue weighted by Crippen LogP contribution is 2.16. The van der Waals surface area contributed by atoms with Gasteiger partial charge in [-0.2, -0.15) is 0 Å². The molecule has 0 aromatic carbocycles. The molecule has 1 aliphatic carbocycles. The molecule has 1 aliphatic rings. The van der Waals surface area contributed by atoms with Crippen molar-refractivity contribution in [3.63, 3.8) is 0 Å². The minimum absolute atomic E-state index is 0.705. The van der Waals surface area contributed by atoms with Crippen LogP contribution in [0.15, 0.2) is 23.3 Å². The van der Waals surface area contributed by atoms with Crippen LogP contribution in [0.2, 0.25) is 0 Å². The standard InChI is InChI=1S/C8H12O2/c1-5-3-6(2)8(10)7(9)4-5/h3-4,7-10H,1-2H3/t7-,8+/m0/s1. The average Bonchev–Trinajstić information content (AvgIpc) is 1.82. The van der Waals surface area contributed by atoms with Crippen molar-refractivity contribution in [2.24, 2.45) is 0 Å². The van der Waals surface area contributed by atoms with Crippen molar-refractivity contribution in [2.75, 3.05) is 0 Å². The third-order valence-electron chi connectivity index (χ3n) is 1.68. The first-order valence-electron chi connectivity index (χ1n) is 3.34. The van der Waals surface area contributed by atoms with Crippen LogP contribution in [0.1, 0.15) is 13.8 Å². The lowest BCUT2D eigenvalue weighted by atomic mass is 9.97. The molecule has 2 nitrogen and oxygen atoms in total. The van der Waals surface area contributed by atoms with Gasteiger partial charge in [-0.1, -0.05) is 17.7 Å². The van der Waals surface area contributed by atoms with Gasteiger partial charge in [-0.05, 0) is 19.4 Å². The molecule has 0 saturated heterocycles. The molecule has 2 heteroatoms. The molecule has 0 amide bonds. The fourth-order valence-electron chi connectivity index (χ4n) is 1.12. The second-order valence-corrected chi connectivity index (χ2v) is 2.73. The van der Waals surface area contributed by atoms with E-state index in [1.165, 1.54) is 0 Å². The zero-order valence-corrected chi connectivity index (χ0v) is 6.20. The number of hydrogen-bond acceptors (Lipinski definition) is 2. The molecule has 0 spiro atoms. The number of hydrogen-bond donors (Lipinski definition) is 2. The zero-order valence-electron chi connectivity index (χ0n) is 6.20. The topological polar surface area (TPSA) is 40.5 Å². The summed E-state index contributed by atoms with van der Waals surface area (Å²) >= 11 is 0. The highest BCUT2D eigenvalue weighted by Gasteiger charge is 2.18. The van der Waals surface area contributed by atoms with Gasteiger partial charge < -0.3 is 10.2 Å². The summed E-state index contributed by atoms with van der Waals surface area (Å²) in [5.74, 6) is 0. The van der Waals surface area contributed by atoms with Crippen molar-refractivity contribution in [3.05, 3.63) is 23.3 Å². The molecule has 0 radical (unpaired) electrons. The van der Waals surface area contributed by atoms with Crippen molar-refractivity contribution < 1.29 is 10.2 Å². The van der Waals surface area contributed by atoms with Crippen molar-refractivity contribution in [3.8, 4) is 0 Å². The molecule has 0 unspecified atom stereocenters. The second-order valence-electron chi connectivity index (χ2n) is 2.73. The molecule has 0 fully saturated rings. The fraction of sp³-hybridized carbons (Fsp3) is 0.500. The molecule has 2 N–H and O–H groups in total. The van der Waals surface area contributed by atoms with E-state index in [2.05, 4.69) is 0 Å². The maximum Gasteiger partial charge on any atom is 0.105 e. The van der Waals surface area contributed by atoms with Crippen LogP contribution in [-0.2, 0) is 0 Å². The lowest BCUT2D eigenvalue weighted by Crippen LogP contribution is -2.27. The second kappa shape index (κ2) is 2.56. The monoisotopic (exact) mass is 140 g/mol. The Kier molecular flexibility index (Phi) is 1.92. The van der Waals surface area contributed by atoms with Gasteiger partial charge in [-0.15, -0.1) is 0 Å². The number of allylic oxidation sites excluding steroid dienone is 2. The Hall–Kier alpha value is -0.600. The minimum atomic E-state index is -0.718. The summed E-state index contributed by atoms with van der Waals surface area (Å²) < 4.78 is 0. The van der Waals surface area contributed by atoms with E-state index in [-0.39, 0.29) is 0 Å². The molecule has 0 aromatic heterocycles. The molecule has 0 heterocycles. The van der Waals surface area contributed by atoms with Gasteiger partial charge in [0.05, 0.1) is 0 Å². The maximum absolute atomic E-state index is 9.20. The van der Waals surface area contributed by atoms with Crippen LogP contribution in [0.3, 0.4) is 0 Å². The van der Waals surface area contributed by atoms with Crippen LogP contribution >= 0.6 is 0 Å². The first kappa shape index (κ1) is 7.51. The van der Waals surface area contributed by atoms with E-state index >= 15 is 0 Å². The summed E-state index contributed by atoms with van der Waals surface area (Å²) in [6, 6.07) is 0. The van der Waals surface area contributed by atoms with E-state index in [9.17, 15) is 5.11 Å². The number of aliphatic hydroxyl groups excluding tert-OH is 2. The van der Waals surface area contributed by atoms with E-state index in [4.69, 9.17) is 5.11 Å². The van der Waals surface area contributed by atoms with Gasteiger partial charge in [0.1, 0.15) is 12.2 Å². The van der Waals surface area contributed by atoms with Gasteiger partial charge in [-0.25, -0.2) is 0 Å². The van der Waals surface area contributed by atoms with Gasteiger partial charge in [0.2, 0.25) is 0 Å². The highest BCUT2D eigenvalue weighted by molar-refractivity contribution is 5.30. The average molecular weight is 140 g/mol. The summed E-state index contributed by atoms with van der Waals surface area (Å²) in [6.07, 6.45) is 2.10. The van der Waals surface area contributed by atoms with Crippen LogP contribution < -0.4 is 0 Å². The van der Waals surface area contributed by atoms with E-state index in [0.717, 1.165) is 11.1 Å². The molecule has 0 aromatic rings. The lowest BCUT2D eigenvalue weighted by Gasteiger charge is -2.20. The SMILES string of the molecule is CC1=C[C@H](O)[C@H](O)C(C)=C1. The molecule has 2 atom stereocenters. The molecular weight excluding hydrogens is 128 g/mol. The van der Waals surface area contributed by atoms with E-state index in [0.29, 0.717) is 0 Å². The Balaban J connectivity index is 2.85. The Labute approximate surface area is 60.5 Å². The molecule has 1 rings (SSSR count). The van der Waals surface area contributed by atoms with Gasteiger partial charge in [0.25, 0.3) is 0 Å². The van der Waals surface area contributed by atoms with Crippen molar-refractivity contribution in [1.29, 1.82) is 0 Å². The van der Waals surface area contributed by atoms with Crippen LogP contribution in [0, 0.1) is 0 Å². The van der Waals surface area contributed by atoms with Crippen LogP contribution in [-0.4, -0.2) is 22.4 Å². The Morgan fingerprint density at radius 1 is 1.30 bits per heavy atom. The lowest BCUT2D eigenvalue weighted by molar-refractivity contribution is 0.0709. The summed E-state index contributed by atoms with van der Waals surface area (Å²) in [4.78, 5) is 0. The molecule has 0 bridgehead atoms. The summed E-state index contributed by atoms with van der Waals surface area (Å²) in [5, 5.41) is 18.4. The Bertz CT molecular complexity index is 191. The van der Waals surface area contributed by atoms with Crippen LogP contribution in [0.5, 0.6) is 0 Å². The van der Waals surface area contributed by atoms with E-state index < -0.39 is 12.2 Å². The normalized spacial score (nSPS) is 33.2. The zero-order chi connectivity index (χ0) is 7.72. The first-order chi connectivity index (χ1) is 4.61. The molecular formula is C8H12O2. The smallest absolute Gasteiger partial charge is 0.105 e. The van der Waals surface area contributed by atoms with Gasteiger partial charge in [-0.3, -0.25) is 0 Å². The fourth-order valence-corrected chi connectivity index (χ4v) is 1.12. The molecule has 0 aliphatic heterocycles. The molecule has 10 heavy (non-hydrogen) atoms. The Morgan fingerprint density at radius 3 is 2.40 bits per heavy atom. The largest absolute Gasteiger partial charge is 0.386 e. The third-order valence-corrected chi connectivity index (χ3v) is 1.68. The summed E-state index contributed by atoms with van der Waals surface area (Å²) in [7, 11) is 0. The molecule has 0 saturated carbocycles.